The Morgan fingerprint density at radius 2 is 1.54 bits per heavy atom. The number of halogens is 1. The quantitative estimate of drug-likeness (QED) is 0.236. The molecular weight excluding hydrogens is 335 g/mol. The van der Waals surface area contributed by atoms with Crippen LogP contribution in [0.15, 0.2) is 18.2 Å². The molecule has 1 amide bonds. The summed E-state index contributed by atoms with van der Waals surface area (Å²) in [6.45, 7) is 2.22. The van der Waals surface area contributed by atoms with Crippen LogP contribution in [0.1, 0.15) is 84.0 Å². The lowest BCUT2D eigenvalue weighted by Crippen LogP contribution is -2.12. The van der Waals surface area contributed by atoms with Gasteiger partial charge in [-0.15, -0.1) is 0 Å². The summed E-state index contributed by atoms with van der Waals surface area (Å²) >= 11 is 0. The van der Waals surface area contributed by atoms with E-state index in [9.17, 15) is 19.3 Å². The molecule has 0 fully saturated rings. The van der Waals surface area contributed by atoms with E-state index in [2.05, 4.69) is 12.2 Å². The van der Waals surface area contributed by atoms with Crippen LogP contribution in [0.3, 0.4) is 0 Å². The maximum atomic E-state index is 13.6. The van der Waals surface area contributed by atoms with Crippen LogP contribution >= 0.6 is 0 Å². The molecule has 1 N–H and O–H groups in total. The number of carbonyl (C=O) groups excluding carboxylic acids is 1. The van der Waals surface area contributed by atoms with Gasteiger partial charge in [-0.3, -0.25) is 14.9 Å². The fraction of sp³-hybridized carbons (Fsp3) is 0.650. The second-order valence-corrected chi connectivity index (χ2v) is 6.75. The van der Waals surface area contributed by atoms with Crippen molar-refractivity contribution < 1.29 is 14.1 Å². The third kappa shape index (κ3) is 9.49. The van der Waals surface area contributed by atoms with Gasteiger partial charge in [0.1, 0.15) is 5.82 Å². The van der Waals surface area contributed by atoms with Crippen molar-refractivity contribution in [1.82, 2.24) is 0 Å². The first kappa shape index (κ1) is 22.1. The normalized spacial score (nSPS) is 10.7. The van der Waals surface area contributed by atoms with Crippen LogP contribution in [0.2, 0.25) is 0 Å². The summed E-state index contributed by atoms with van der Waals surface area (Å²) in [5, 5.41) is 13.1. The molecule has 0 aliphatic rings. The number of hydrogen-bond donors (Lipinski definition) is 1. The maximum Gasteiger partial charge on any atom is 0.271 e. The molecule has 0 unspecified atom stereocenters. The molecule has 0 aromatic heterocycles. The van der Waals surface area contributed by atoms with Gasteiger partial charge in [-0.2, -0.15) is 0 Å². The predicted octanol–water partition coefficient (Wildman–Crippen LogP) is 6.37. The molecule has 1 aromatic rings. The largest absolute Gasteiger partial charge is 0.323 e. The number of rotatable bonds is 14. The van der Waals surface area contributed by atoms with E-state index in [-0.39, 0.29) is 17.3 Å². The first-order chi connectivity index (χ1) is 12.5. The van der Waals surface area contributed by atoms with Gasteiger partial charge < -0.3 is 5.32 Å². The Hall–Kier alpha value is -1.98. The van der Waals surface area contributed by atoms with E-state index < -0.39 is 10.7 Å². The SMILES string of the molecule is CCCCCCCCCCCCCC(=O)Nc1cc([N+](=O)[O-])ccc1F. The number of nitro benzene ring substituents is 1. The zero-order valence-corrected chi connectivity index (χ0v) is 15.8. The van der Waals surface area contributed by atoms with E-state index in [1.54, 1.807) is 0 Å². The number of nitrogens with zero attached hydrogens (tertiary/aromatic N) is 1. The molecule has 26 heavy (non-hydrogen) atoms. The van der Waals surface area contributed by atoms with E-state index in [4.69, 9.17) is 0 Å². The molecule has 0 aliphatic carbocycles. The number of carbonyl (C=O) groups is 1. The fourth-order valence-electron chi connectivity index (χ4n) is 2.89. The van der Waals surface area contributed by atoms with Crippen LogP contribution in [0.4, 0.5) is 15.8 Å². The maximum absolute atomic E-state index is 13.6. The molecule has 0 saturated carbocycles. The molecule has 146 valence electrons. The molecule has 1 rings (SSSR count). The summed E-state index contributed by atoms with van der Waals surface area (Å²) in [5.74, 6) is -0.969. The van der Waals surface area contributed by atoms with Crippen molar-refractivity contribution in [2.24, 2.45) is 0 Å². The smallest absolute Gasteiger partial charge is 0.271 e. The van der Waals surface area contributed by atoms with Gasteiger partial charge in [0.2, 0.25) is 5.91 Å². The number of unbranched alkanes of at least 4 members (excludes halogenated alkanes) is 10. The van der Waals surface area contributed by atoms with Gasteiger partial charge >= 0.3 is 0 Å². The minimum atomic E-state index is -0.664. The van der Waals surface area contributed by atoms with Crippen LogP contribution in [0.5, 0.6) is 0 Å². The lowest BCUT2D eigenvalue weighted by atomic mass is 10.1. The number of non-ortho nitro benzene ring substituents is 1. The molecule has 6 heteroatoms. The number of amides is 1. The lowest BCUT2D eigenvalue weighted by molar-refractivity contribution is -0.384. The standard InChI is InChI=1S/C20H31FN2O3/c1-2-3-4-5-6-7-8-9-10-11-12-13-20(24)22-19-16-17(23(25)26)14-15-18(19)21/h14-16H,2-13H2,1H3,(H,22,24). The number of hydrogen-bond acceptors (Lipinski definition) is 3. The first-order valence-electron chi connectivity index (χ1n) is 9.78. The van der Waals surface area contributed by atoms with E-state index in [0.717, 1.165) is 37.5 Å². The number of anilines is 1. The van der Waals surface area contributed by atoms with Crippen LogP contribution in [0, 0.1) is 15.9 Å². The summed E-state index contributed by atoms with van der Waals surface area (Å²) in [5.41, 5.74) is -0.372. The second-order valence-electron chi connectivity index (χ2n) is 6.75. The summed E-state index contributed by atoms with van der Waals surface area (Å²) in [6, 6.07) is 3.12. The highest BCUT2D eigenvalue weighted by atomic mass is 19.1. The average Bonchev–Trinajstić information content (AvgIpc) is 2.61. The fourth-order valence-corrected chi connectivity index (χ4v) is 2.89. The second kappa shape index (κ2) is 13.3. The van der Waals surface area contributed by atoms with Gasteiger partial charge in [0.05, 0.1) is 10.6 Å². The van der Waals surface area contributed by atoms with Crippen molar-refractivity contribution in [3.05, 3.63) is 34.1 Å². The van der Waals surface area contributed by atoms with Gasteiger partial charge in [-0.05, 0) is 12.5 Å². The van der Waals surface area contributed by atoms with Crippen molar-refractivity contribution in [2.75, 3.05) is 5.32 Å². The Balaban J connectivity index is 2.10. The highest BCUT2D eigenvalue weighted by Crippen LogP contribution is 2.21. The van der Waals surface area contributed by atoms with Gasteiger partial charge in [-0.1, -0.05) is 71.1 Å². The predicted molar refractivity (Wildman–Crippen MR) is 103 cm³/mol. The van der Waals surface area contributed by atoms with Crippen molar-refractivity contribution in [3.63, 3.8) is 0 Å². The highest BCUT2D eigenvalue weighted by Gasteiger charge is 2.12. The summed E-state index contributed by atoms with van der Waals surface area (Å²) in [6.07, 6.45) is 13.5. The monoisotopic (exact) mass is 366 g/mol. The number of nitrogens with one attached hydrogen (secondary N) is 1. The number of nitro groups is 1. The van der Waals surface area contributed by atoms with Crippen LogP contribution in [0.25, 0.3) is 0 Å². The molecule has 0 heterocycles. The minimum Gasteiger partial charge on any atom is -0.323 e. The lowest BCUT2D eigenvalue weighted by Gasteiger charge is -2.06. The van der Waals surface area contributed by atoms with Crippen molar-refractivity contribution in [3.8, 4) is 0 Å². The zero-order chi connectivity index (χ0) is 19.2. The Bertz CT molecular complexity index is 564. The number of benzene rings is 1. The molecule has 0 saturated heterocycles. The summed E-state index contributed by atoms with van der Waals surface area (Å²) in [4.78, 5) is 22.0. The molecule has 5 nitrogen and oxygen atoms in total. The Morgan fingerprint density at radius 1 is 1.00 bits per heavy atom. The summed E-state index contributed by atoms with van der Waals surface area (Å²) in [7, 11) is 0. The molecule has 1 aromatic carbocycles. The van der Waals surface area contributed by atoms with Crippen molar-refractivity contribution in [2.45, 2.75) is 84.0 Å². The molecule has 0 aliphatic heterocycles. The van der Waals surface area contributed by atoms with Crippen LogP contribution in [-0.2, 0) is 4.79 Å². The van der Waals surface area contributed by atoms with Crippen molar-refractivity contribution >= 4 is 17.3 Å². The molecule has 0 radical (unpaired) electrons. The third-order valence-corrected chi connectivity index (χ3v) is 4.44. The molecule has 0 spiro atoms. The topological polar surface area (TPSA) is 72.2 Å². The Labute approximate surface area is 155 Å². The van der Waals surface area contributed by atoms with Gasteiger partial charge in [0.15, 0.2) is 0 Å². The van der Waals surface area contributed by atoms with E-state index in [0.29, 0.717) is 6.42 Å². The Morgan fingerprint density at radius 3 is 2.08 bits per heavy atom. The molecule has 0 bridgehead atoms. The van der Waals surface area contributed by atoms with Crippen LogP contribution in [-0.4, -0.2) is 10.8 Å². The van der Waals surface area contributed by atoms with Gasteiger partial charge in [-0.25, -0.2) is 4.39 Å². The van der Waals surface area contributed by atoms with E-state index in [1.165, 1.54) is 51.4 Å². The zero-order valence-electron chi connectivity index (χ0n) is 15.8. The average molecular weight is 366 g/mol. The van der Waals surface area contributed by atoms with Gasteiger partial charge in [0.25, 0.3) is 5.69 Å². The highest BCUT2D eigenvalue weighted by molar-refractivity contribution is 5.91. The Kier molecular flexibility index (Phi) is 11.2. The summed E-state index contributed by atoms with van der Waals surface area (Å²) < 4.78 is 13.6. The van der Waals surface area contributed by atoms with Crippen molar-refractivity contribution in [1.29, 1.82) is 0 Å². The van der Waals surface area contributed by atoms with Crippen LogP contribution < -0.4 is 5.32 Å². The molecular formula is C20H31FN2O3. The first-order valence-corrected chi connectivity index (χ1v) is 9.78. The molecule has 0 atom stereocenters. The third-order valence-electron chi connectivity index (χ3n) is 4.44. The van der Waals surface area contributed by atoms with Gasteiger partial charge in [0, 0.05) is 18.6 Å². The van der Waals surface area contributed by atoms with E-state index >= 15 is 0 Å². The van der Waals surface area contributed by atoms with E-state index in [1.807, 2.05) is 0 Å². The minimum absolute atomic E-state index is 0.132.